The number of hydrogen-bond donors (Lipinski definition) is 3. The highest BCUT2D eigenvalue weighted by atomic mass is 16.3. The van der Waals surface area contributed by atoms with Crippen molar-refractivity contribution in [1.29, 1.82) is 0 Å². The number of nitrogens with one attached hydrogen (secondary N) is 1. The SMILES string of the molecule is CC#CC[C@H](C)[C@H](O)/C=C/C1C(O)C[C@@H]2C/C(=C\CCCCNC(C)C)C[C@H]12. The Morgan fingerprint density at radius 3 is 2.71 bits per heavy atom. The van der Waals surface area contributed by atoms with Crippen LogP contribution in [0.3, 0.4) is 0 Å². The van der Waals surface area contributed by atoms with Crippen LogP contribution in [0.5, 0.6) is 0 Å². The summed E-state index contributed by atoms with van der Waals surface area (Å²) in [5.74, 6) is 7.39. The first-order valence-corrected chi connectivity index (χ1v) is 11.3. The second-order valence-corrected chi connectivity index (χ2v) is 9.16. The Morgan fingerprint density at radius 2 is 2.00 bits per heavy atom. The molecule has 2 fully saturated rings. The summed E-state index contributed by atoms with van der Waals surface area (Å²) in [5, 5.41) is 24.3. The van der Waals surface area contributed by atoms with Crippen molar-refractivity contribution in [2.75, 3.05) is 6.54 Å². The molecule has 2 saturated carbocycles. The molecular weight excluding hydrogens is 346 g/mol. The maximum absolute atomic E-state index is 10.5. The minimum Gasteiger partial charge on any atom is -0.392 e. The minimum atomic E-state index is -0.483. The van der Waals surface area contributed by atoms with E-state index in [-0.39, 0.29) is 17.9 Å². The van der Waals surface area contributed by atoms with E-state index in [9.17, 15) is 10.2 Å². The standard InChI is InChI=1S/C25H41NO2/c1-5-6-10-19(4)24(27)13-12-22-23-16-20(15-21(23)17-25(22)28)11-8-7-9-14-26-18(2)3/h11-13,18-19,21-28H,7-10,14-17H2,1-4H3/b13-12+,20-11+/t19-,21-,22?,23-,24+,25?/m0/s1. The first-order valence-electron chi connectivity index (χ1n) is 11.3. The Balaban J connectivity index is 1.81. The Hall–Kier alpha value is -1.08. The Kier molecular flexibility index (Phi) is 9.79. The van der Waals surface area contributed by atoms with Gasteiger partial charge in [-0.15, -0.1) is 11.8 Å². The number of allylic oxidation sites excluding steroid dienone is 2. The van der Waals surface area contributed by atoms with Crippen LogP contribution < -0.4 is 5.32 Å². The lowest BCUT2D eigenvalue weighted by Crippen LogP contribution is -2.23. The molecule has 0 spiro atoms. The van der Waals surface area contributed by atoms with Gasteiger partial charge in [-0.25, -0.2) is 0 Å². The predicted octanol–water partition coefficient (Wildman–Crippen LogP) is 4.45. The zero-order valence-corrected chi connectivity index (χ0v) is 18.3. The molecule has 6 atom stereocenters. The molecule has 0 aliphatic heterocycles. The monoisotopic (exact) mass is 387 g/mol. The van der Waals surface area contributed by atoms with Gasteiger partial charge in [-0.3, -0.25) is 0 Å². The lowest BCUT2D eigenvalue weighted by Gasteiger charge is -2.19. The maximum atomic E-state index is 10.5. The van der Waals surface area contributed by atoms with Crippen molar-refractivity contribution in [2.45, 2.75) is 90.9 Å². The van der Waals surface area contributed by atoms with E-state index in [4.69, 9.17) is 0 Å². The average molecular weight is 388 g/mol. The van der Waals surface area contributed by atoms with Gasteiger partial charge in [0.1, 0.15) is 0 Å². The summed E-state index contributed by atoms with van der Waals surface area (Å²) in [4.78, 5) is 0. The number of aliphatic hydroxyl groups is 2. The Morgan fingerprint density at radius 1 is 1.21 bits per heavy atom. The first-order chi connectivity index (χ1) is 13.4. The maximum Gasteiger partial charge on any atom is 0.0755 e. The van der Waals surface area contributed by atoms with Crippen LogP contribution in [0.4, 0.5) is 0 Å². The topological polar surface area (TPSA) is 52.5 Å². The minimum absolute atomic E-state index is 0.127. The average Bonchev–Trinajstić information content (AvgIpc) is 3.16. The molecule has 0 aromatic rings. The molecule has 0 heterocycles. The van der Waals surface area contributed by atoms with Gasteiger partial charge in [0.05, 0.1) is 12.2 Å². The highest BCUT2D eigenvalue weighted by Crippen LogP contribution is 2.50. The molecule has 0 aromatic heterocycles. The molecule has 0 saturated heterocycles. The van der Waals surface area contributed by atoms with Gasteiger partial charge in [-0.1, -0.05) is 44.6 Å². The van der Waals surface area contributed by atoms with Crippen LogP contribution in [-0.4, -0.2) is 35.0 Å². The molecule has 2 unspecified atom stereocenters. The molecular formula is C25H41NO2. The summed E-state index contributed by atoms with van der Waals surface area (Å²) in [5.41, 5.74) is 1.59. The number of fused-ring (bicyclic) bond motifs is 1. The third-order valence-electron chi connectivity index (χ3n) is 6.44. The van der Waals surface area contributed by atoms with Gasteiger partial charge in [-0.05, 0) is 69.7 Å². The fourth-order valence-electron chi connectivity index (χ4n) is 4.72. The van der Waals surface area contributed by atoms with Crippen LogP contribution in [0, 0.1) is 35.5 Å². The summed E-state index contributed by atoms with van der Waals surface area (Å²) in [7, 11) is 0. The van der Waals surface area contributed by atoms with Gasteiger partial charge in [0.15, 0.2) is 0 Å². The van der Waals surface area contributed by atoms with Crippen LogP contribution >= 0.6 is 0 Å². The lowest BCUT2D eigenvalue weighted by atomic mass is 9.89. The largest absolute Gasteiger partial charge is 0.392 e. The van der Waals surface area contributed by atoms with Crippen LogP contribution in [0.25, 0.3) is 0 Å². The van der Waals surface area contributed by atoms with E-state index in [1.54, 1.807) is 5.57 Å². The van der Waals surface area contributed by atoms with E-state index < -0.39 is 6.10 Å². The van der Waals surface area contributed by atoms with Gasteiger partial charge in [0.2, 0.25) is 0 Å². The second-order valence-electron chi connectivity index (χ2n) is 9.16. The highest BCUT2D eigenvalue weighted by molar-refractivity contribution is 5.18. The number of hydrogen-bond acceptors (Lipinski definition) is 3. The third kappa shape index (κ3) is 7.07. The van der Waals surface area contributed by atoms with Crippen molar-refractivity contribution in [3.8, 4) is 11.8 Å². The molecule has 3 heteroatoms. The Bertz CT molecular complexity index is 583. The van der Waals surface area contributed by atoms with Crippen molar-refractivity contribution in [3.63, 3.8) is 0 Å². The molecule has 2 rings (SSSR count). The molecule has 0 radical (unpaired) electrons. The van der Waals surface area contributed by atoms with Gasteiger partial charge >= 0.3 is 0 Å². The van der Waals surface area contributed by atoms with E-state index in [2.05, 4.69) is 43.2 Å². The summed E-state index contributed by atoms with van der Waals surface area (Å²) >= 11 is 0. The molecule has 0 aromatic carbocycles. The summed E-state index contributed by atoms with van der Waals surface area (Å²) < 4.78 is 0. The van der Waals surface area contributed by atoms with Crippen LogP contribution in [0.15, 0.2) is 23.8 Å². The fourth-order valence-corrected chi connectivity index (χ4v) is 4.72. The Labute approximate surface area is 172 Å². The molecule has 28 heavy (non-hydrogen) atoms. The van der Waals surface area contributed by atoms with Crippen molar-refractivity contribution in [2.24, 2.45) is 23.7 Å². The molecule has 0 amide bonds. The first kappa shape index (κ1) is 23.2. The zero-order chi connectivity index (χ0) is 20.5. The van der Waals surface area contributed by atoms with Gasteiger partial charge in [0, 0.05) is 18.4 Å². The molecule has 3 N–H and O–H groups in total. The van der Waals surface area contributed by atoms with Crippen molar-refractivity contribution < 1.29 is 10.2 Å². The lowest BCUT2D eigenvalue weighted by molar-refractivity contribution is 0.137. The smallest absolute Gasteiger partial charge is 0.0755 e. The van der Waals surface area contributed by atoms with Gasteiger partial charge < -0.3 is 15.5 Å². The van der Waals surface area contributed by atoms with E-state index >= 15 is 0 Å². The normalized spacial score (nSPS) is 30.6. The van der Waals surface area contributed by atoms with E-state index in [0.717, 1.165) is 25.8 Å². The number of aliphatic hydroxyl groups excluding tert-OH is 2. The van der Waals surface area contributed by atoms with Crippen LogP contribution in [0.2, 0.25) is 0 Å². The molecule has 158 valence electrons. The summed E-state index contributed by atoms with van der Waals surface area (Å²) in [6.45, 7) is 9.35. The van der Waals surface area contributed by atoms with E-state index in [1.165, 1.54) is 19.3 Å². The molecule has 0 bridgehead atoms. The van der Waals surface area contributed by atoms with E-state index in [1.807, 2.05) is 19.9 Å². The van der Waals surface area contributed by atoms with Gasteiger partial charge in [0.25, 0.3) is 0 Å². The molecule has 2 aliphatic rings. The predicted molar refractivity (Wildman–Crippen MR) is 118 cm³/mol. The second kappa shape index (κ2) is 11.8. The summed E-state index contributed by atoms with van der Waals surface area (Å²) in [6.07, 6.45) is 13.3. The quantitative estimate of drug-likeness (QED) is 0.295. The number of unbranched alkanes of at least 4 members (excludes halogenated alkanes) is 2. The molecule has 2 aliphatic carbocycles. The number of rotatable bonds is 10. The third-order valence-corrected chi connectivity index (χ3v) is 6.44. The van der Waals surface area contributed by atoms with Crippen LogP contribution in [0.1, 0.15) is 72.6 Å². The van der Waals surface area contributed by atoms with Gasteiger partial charge in [-0.2, -0.15) is 0 Å². The van der Waals surface area contributed by atoms with Crippen molar-refractivity contribution >= 4 is 0 Å². The van der Waals surface area contributed by atoms with Crippen LogP contribution in [-0.2, 0) is 0 Å². The van der Waals surface area contributed by atoms with Crippen molar-refractivity contribution in [1.82, 2.24) is 5.32 Å². The zero-order valence-electron chi connectivity index (χ0n) is 18.3. The van der Waals surface area contributed by atoms with Crippen molar-refractivity contribution in [3.05, 3.63) is 23.8 Å². The molecule has 3 nitrogen and oxygen atoms in total. The summed E-state index contributed by atoms with van der Waals surface area (Å²) in [6, 6.07) is 0.574. The van der Waals surface area contributed by atoms with E-state index in [0.29, 0.717) is 24.3 Å². The fraction of sp³-hybridized carbons (Fsp3) is 0.760. The highest BCUT2D eigenvalue weighted by Gasteiger charge is 2.44.